The van der Waals surface area contributed by atoms with Crippen LogP contribution in [0.15, 0.2) is 0 Å². The molecule has 0 rings (SSSR count). The van der Waals surface area contributed by atoms with E-state index in [2.05, 4.69) is 34.6 Å². The summed E-state index contributed by atoms with van der Waals surface area (Å²) in [5.41, 5.74) is 0. The van der Waals surface area contributed by atoms with E-state index in [4.69, 9.17) is 0 Å². The monoisotopic (exact) mass is 451 g/mol. The molecule has 0 aromatic rings. The maximum atomic E-state index is 11.0. The summed E-state index contributed by atoms with van der Waals surface area (Å²) in [4.78, 5) is 11.0. The molecule has 0 N–H and O–H groups in total. The first-order valence-corrected chi connectivity index (χ1v) is 14.5. The molecule has 2 nitrogen and oxygen atoms in total. The van der Waals surface area contributed by atoms with Crippen LogP contribution in [0, 0.1) is 23.7 Å². The standard InChI is InChI=1S/C30H60O2/c1-6-7-8-9-10-11-12-13-14-15-16-17-21-29(22-23-30(31)32)25-28(5)20-18-19-27(4)24-26(2)3/h26-29H,6-25H2,1-5H3,(H,31,32)/p-1. The largest absolute Gasteiger partial charge is 0.550 e. The summed E-state index contributed by atoms with van der Waals surface area (Å²) in [6.45, 7) is 11.7. The molecule has 0 heterocycles. The van der Waals surface area contributed by atoms with Gasteiger partial charge in [-0.15, -0.1) is 0 Å². The van der Waals surface area contributed by atoms with Crippen molar-refractivity contribution in [3.05, 3.63) is 0 Å². The van der Waals surface area contributed by atoms with Gasteiger partial charge in [0.15, 0.2) is 0 Å². The Kier molecular flexibility index (Phi) is 21.9. The van der Waals surface area contributed by atoms with Crippen LogP contribution < -0.4 is 5.11 Å². The van der Waals surface area contributed by atoms with E-state index in [1.165, 1.54) is 116 Å². The minimum absolute atomic E-state index is 0.237. The lowest BCUT2D eigenvalue weighted by Crippen LogP contribution is -2.23. The number of carboxylic acid groups (broad SMARTS) is 1. The summed E-state index contributed by atoms with van der Waals surface area (Å²) in [5, 5.41) is 11.0. The summed E-state index contributed by atoms with van der Waals surface area (Å²) in [6, 6.07) is 0. The van der Waals surface area contributed by atoms with Gasteiger partial charge in [0.05, 0.1) is 0 Å². The highest BCUT2D eigenvalue weighted by atomic mass is 16.4. The Bertz CT molecular complexity index is 404. The van der Waals surface area contributed by atoms with E-state index < -0.39 is 5.97 Å². The van der Waals surface area contributed by atoms with Crippen LogP contribution >= 0.6 is 0 Å². The van der Waals surface area contributed by atoms with Gasteiger partial charge < -0.3 is 9.90 Å². The lowest BCUT2D eigenvalue weighted by atomic mass is 9.84. The molecule has 0 saturated carbocycles. The smallest absolute Gasteiger partial charge is 0.0414 e. The van der Waals surface area contributed by atoms with E-state index in [0.29, 0.717) is 11.8 Å². The first-order valence-electron chi connectivity index (χ1n) is 14.5. The van der Waals surface area contributed by atoms with E-state index in [-0.39, 0.29) is 6.42 Å². The van der Waals surface area contributed by atoms with Gasteiger partial charge in [-0.3, -0.25) is 0 Å². The Morgan fingerprint density at radius 1 is 0.594 bits per heavy atom. The van der Waals surface area contributed by atoms with Crippen molar-refractivity contribution in [1.29, 1.82) is 0 Å². The molecule has 0 fully saturated rings. The van der Waals surface area contributed by atoms with Crippen LogP contribution in [0.5, 0.6) is 0 Å². The molecule has 0 aromatic carbocycles. The average molecular weight is 452 g/mol. The molecule has 3 atom stereocenters. The molecular formula is C30H59O2-. The number of carbonyl (C=O) groups excluding carboxylic acids is 1. The highest BCUT2D eigenvalue weighted by molar-refractivity contribution is 5.64. The third kappa shape index (κ3) is 22.7. The number of aliphatic carboxylic acids is 1. The number of carbonyl (C=O) groups is 1. The van der Waals surface area contributed by atoms with Gasteiger partial charge in [-0.1, -0.05) is 137 Å². The molecule has 0 saturated heterocycles. The molecule has 3 unspecified atom stereocenters. The number of hydrogen-bond acceptors (Lipinski definition) is 2. The summed E-state index contributed by atoms with van der Waals surface area (Å²) in [6.07, 6.45) is 25.3. The Morgan fingerprint density at radius 2 is 1.06 bits per heavy atom. The highest BCUT2D eigenvalue weighted by Crippen LogP contribution is 2.27. The van der Waals surface area contributed by atoms with Gasteiger partial charge in [-0.2, -0.15) is 0 Å². The SMILES string of the molecule is CCCCCCCCCCCCCCC(CCC(=O)[O-])CC(C)CCCC(C)CC(C)C. The van der Waals surface area contributed by atoms with Crippen molar-refractivity contribution < 1.29 is 9.90 Å². The van der Waals surface area contributed by atoms with Crippen molar-refractivity contribution in [2.45, 2.75) is 163 Å². The first kappa shape index (κ1) is 31.5. The molecule has 0 amide bonds. The topological polar surface area (TPSA) is 40.1 Å². The Morgan fingerprint density at radius 3 is 1.53 bits per heavy atom. The van der Waals surface area contributed by atoms with Gasteiger partial charge in [-0.25, -0.2) is 0 Å². The molecular weight excluding hydrogens is 392 g/mol. The van der Waals surface area contributed by atoms with Crippen LogP contribution in [0.4, 0.5) is 0 Å². The second kappa shape index (κ2) is 22.3. The van der Waals surface area contributed by atoms with Gasteiger partial charge in [0.25, 0.3) is 0 Å². The summed E-state index contributed by atoms with van der Waals surface area (Å²) >= 11 is 0. The lowest BCUT2D eigenvalue weighted by molar-refractivity contribution is -0.306. The third-order valence-electron chi connectivity index (χ3n) is 7.23. The molecule has 0 bridgehead atoms. The fourth-order valence-corrected chi connectivity index (χ4v) is 5.40. The molecule has 192 valence electrons. The van der Waals surface area contributed by atoms with Crippen molar-refractivity contribution in [2.24, 2.45) is 23.7 Å². The van der Waals surface area contributed by atoms with Crippen LogP contribution in [0.2, 0.25) is 0 Å². The predicted molar refractivity (Wildman–Crippen MR) is 140 cm³/mol. The van der Waals surface area contributed by atoms with Crippen LogP contribution in [0.1, 0.15) is 163 Å². The fourth-order valence-electron chi connectivity index (χ4n) is 5.40. The van der Waals surface area contributed by atoms with Crippen LogP contribution in [-0.2, 0) is 4.79 Å². The highest BCUT2D eigenvalue weighted by Gasteiger charge is 2.14. The van der Waals surface area contributed by atoms with E-state index in [1.54, 1.807) is 0 Å². The van der Waals surface area contributed by atoms with Gasteiger partial charge in [0, 0.05) is 5.97 Å². The normalized spacial score (nSPS) is 14.6. The maximum absolute atomic E-state index is 11.0. The molecule has 0 aromatic heterocycles. The number of unbranched alkanes of at least 4 members (excludes halogenated alkanes) is 11. The first-order chi connectivity index (χ1) is 15.3. The molecule has 0 aliphatic heterocycles. The third-order valence-corrected chi connectivity index (χ3v) is 7.23. The quantitative estimate of drug-likeness (QED) is 0.137. The zero-order valence-electron chi connectivity index (χ0n) is 22.8. The molecule has 2 heteroatoms. The lowest BCUT2D eigenvalue weighted by Gasteiger charge is -2.22. The number of rotatable bonds is 24. The Balaban J connectivity index is 3.90. The second-order valence-corrected chi connectivity index (χ2v) is 11.5. The van der Waals surface area contributed by atoms with E-state index in [0.717, 1.165) is 18.3 Å². The van der Waals surface area contributed by atoms with Gasteiger partial charge in [0.2, 0.25) is 0 Å². The van der Waals surface area contributed by atoms with Crippen LogP contribution in [0.3, 0.4) is 0 Å². The molecule has 0 radical (unpaired) electrons. The van der Waals surface area contributed by atoms with Crippen molar-refractivity contribution in [3.8, 4) is 0 Å². The van der Waals surface area contributed by atoms with Crippen LogP contribution in [-0.4, -0.2) is 5.97 Å². The van der Waals surface area contributed by atoms with Crippen molar-refractivity contribution >= 4 is 5.97 Å². The zero-order valence-corrected chi connectivity index (χ0v) is 22.8. The summed E-state index contributed by atoms with van der Waals surface area (Å²) in [7, 11) is 0. The summed E-state index contributed by atoms with van der Waals surface area (Å²) < 4.78 is 0. The van der Waals surface area contributed by atoms with Gasteiger partial charge >= 0.3 is 0 Å². The van der Waals surface area contributed by atoms with Crippen molar-refractivity contribution in [3.63, 3.8) is 0 Å². The van der Waals surface area contributed by atoms with E-state index >= 15 is 0 Å². The maximum Gasteiger partial charge on any atom is 0.0414 e. The Labute approximate surface area is 202 Å². The zero-order chi connectivity index (χ0) is 24.0. The minimum atomic E-state index is -0.875. The predicted octanol–water partition coefficient (Wildman–Crippen LogP) is 9.10. The Hall–Kier alpha value is -0.530. The van der Waals surface area contributed by atoms with E-state index in [1.807, 2.05) is 0 Å². The van der Waals surface area contributed by atoms with Gasteiger partial charge in [-0.05, 0) is 49.4 Å². The van der Waals surface area contributed by atoms with E-state index in [9.17, 15) is 9.90 Å². The molecule has 0 spiro atoms. The van der Waals surface area contributed by atoms with Crippen molar-refractivity contribution in [1.82, 2.24) is 0 Å². The second-order valence-electron chi connectivity index (χ2n) is 11.5. The molecule has 32 heavy (non-hydrogen) atoms. The molecule has 0 aliphatic carbocycles. The number of hydrogen-bond donors (Lipinski definition) is 0. The minimum Gasteiger partial charge on any atom is -0.550 e. The summed E-state index contributed by atoms with van der Waals surface area (Å²) in [5.74, 6) is 2.04. The number of carboxylic acids is 1. The average Bonchev–Trinajstić information content (AvgIpc) is 2.71. The fraction of sp³-hybridized carbons (Fsp3) is 0.967. The van der Waals surface area contributed by atoms with Crippen LogP contribution in [0.25, 0.3) is 0 Å². The van der Waals surface area contributed by atoms with Gasteiger partial charge in [0.1, 0.15) is 0 Å². The van der Waals surface area contributed by atoms with Crippen molar-refractivity contribution in [2.75, 3.05) is 0 Å². The molecule has 0 aliphatic rings.